The predicted molar refractivity (Wildman–Crippen MR) is 138 cm³/mol. The third kappa shape index (κ3) is 6.17. The van der Waals surface area contributed by atoms with Crippen molar-refractivity contribution in [2.75, 3.05) is 13.1 Å². The van der Waals surface area contributed by atoms with Gasteiger partial charge in [0.25, 0.3) is 0 Å². The molecular weight excluding hydrogens is 472 g/mol. The van der Waals surface area contributed by atoms with Gasteiger partial charge in [-0.05, 0) is 36.0 Å². The second-order valence-corrected chi connectivity index (χ2v) is 9.85. The van der Waals surface area contributed by atoms with Gasteiger partial charge in [-0.2, -0.15) is 0 Å². The van der Waals surface area contributed by atoms with Crippen LogP contribution in [0.5, 0.6) is 0 Å². The van der Waals surface area contributed by atoms with E-state index in [2.05, 4.69) is 5.32 Å². The van der Waals surface area contributed by atoms with Crippen molar-refractivity contribution in [3.05, 3.63) is 60.2 Å². The van der Waals surface area contributed by atoms with E-state index in [1.807, 2.05) is 54.6 Å². The van der Waals surface area contributed by atoms with Gasteiger partial charge in [0.15, 0.2) is 0 Å². The van der Waals surface area contributed by atoms with Crippen LogP contribution in [0.4, 0.5) is 0 Å². The molecule has 9 heteroatoms. The molecule has 0 spiro atoms. The zero-order valence-corrected chi connectivity index (χ0v) is 21.0. The highest BCUT2D eigenvalue weighted by molar-refractivity contribution is 5.94. The number of hydrogen-bond donors (Lipinski definition) is 3. The Balaban J connectivity index is 1.44. The first kappa shape index (κ1) is 26.3. The minimum absolute atomic E-state index is 0.00134. The summed E-state index contributed by atoms with van der Waals surface area (Å²) in [5.41, 5.74) is 8.53. The zero-order valence-electron chi connectivity index (χ0n) is 21.0. The molecule has 4 atom stereocenters. The second-order valence-electron chi connectivity index (χ2n) is 9.85. The molecule has 2 aromatic rings. The van der Waals surface area contributed by atoms with Gasteiger partial charge in [0.2, 0.25) is 23.6 Å². The molecule has 2 aliphatic heterocycles. The standard InChI is InChI=1S/C28H34N4O5/c1-18(33)31-14-6-5-9-24(31)28(37)32-17-22(34)16-25(32)27(36)30-23(26(29)35)15-19-10-12-21(13-11-19)20-7-3-2-4-8-20/h2-4,7-8,10-13,22-25,34H,5-6,9,14-17H2,1H3,(H2,29,35)(H,30,36)/t22-,23-,24+,25+/m1/s1. The molecule has 0 unspecified atom stereocenters. The maximum atomic E-state index is 13.4. The topological polar surface area (TPSA) is 133 Å². The summed E-state index contributed by atoms with van der Waals surface area (Å²) in [5.74, 6) is -1.77. The Labute approximate surface area is 216 Å². The maximum absolute atomic E-state index is 13.4. The Morgan fingerprint density at radius 2 is 1.65 bits per heavy atom. The molecule has 2 heterocycles. The number of aliphatic hydroxyl groups excluding tert-OH is 1. The van der Waals surface area contributed by atoms with Gasteiger partial charge >= 0.3 is 0 Å². The number of carbonyl (C=O) groups excluding carboxylic acids is 4. The van der Waals surface area contributed by atoms with Crippen LogP contribution in [0.1, 0.15) is 38.2 Å². The first-order valence-corrected chi connectivity index (χ1v) is 12.7. The molecule has 37 heavy (non-hydrogen) atoms. The van der Waals surface area contributed by atoms with Crippen LogP contribution in [-0.4, -0.2) is 75.9 Å². The smallest absolute Gasteiger partial charge is 0.246 e. The van der Waals surface area contributed by atoms with Crippen LogP contribution in [0.15, 0.2) is 54.6 Å². The van der Waals surface area contributed by atoms with Gasteiger partial charge in [0.1, 0.15) is 18.1 Å². The Morgan fingerprint density at radius 3 is 2.30 bits per heavy atom. The van der Waals surface area contributed by atoms with E-state index in [0.717, 1.165) is 29.5 Å². The third-order valence-electron chi connectivity index (χ3n) is 7.22. The first-order chi connectivity index (χ1) is 17.7. The number of amides is 4. The molecule has 4 N–H and O–H groups in total. The molecule has 2 saturated heterocycles. The van der Waals surface area contributed by atoms with Crippen molar-refractivity contribution in [2.45, 2.75) is 63.3 Å². The van der Waals surface area contributed by atoms with E-state index in [1.54, 1.807) is 0 Å². The lowest BCUT2D eigenvalue weighted by Gasteiger charge is -2.37. The van der Waals surface area contributed by atoms with Crippen LogP contribution in [0, 0.1) is 0 Å². The van der Waals surface area contributed by atoms with Crippen molar-refractivity contribution in [1.29, 1.82) is 0 Å². The minimum atomic E-state index is -0.979. The number of carbonyl (C=O) groups is 4. The van der Waals surface area contributed by atoms with Gasteiger partial charge in [-0.3, -0.25) is 19.2 Å². The molecule has 0 radical (unpaired) electrons. The quantitative estimate of drug-likeness (QED) is 0.520. The molecular formula is C28H34N4O5. The summed E-state index contributed by atoms with van der Waals surface area (Å²) in [4.78, 5) is 53.8. The van der Waals surface area contributed by atoms with Crippen LogP contribution >= 0.6 is 0 Å². The molecule has 2 aromatic carbocycles. The minimum Gasteiger partial charge on any atom is -0.391 e. The summed E-state index contributed by atoms with van der Waals surface area (Å²) in [5, 5.41) is 13.0. The second kappa shape index (κ2) is 11.6. The summed E-state index contributed by atoms with van der Waals surface area (Å²) in [6.45, 7) is 1.92. The van der Waals surface area contributed by atoms with E-state index in [0.29, 0.717) is 13.0 Å². The molecule has 4 rings (SSSR count). The molecule has 9 nitrogen and oxygen atoms in total. The fourth-order valence-electron chi connectivity index (χ4n) is 5.25. The molecule has 2 fully saturated rings. The van der Waals surface area contributed by atoms with Crippen LogP contribution < -0.4 is 11.1 Å². The summed E-state index contributed by atoms with van der Waals surface area (Å²) in [7, 11) is 0. The normalized spacial score (nSPS) is 22.4. The van der Waals surface area contributed by atoms with Gasteiger partial charge in [0.05, 0.1) is 6.10 Å². The van der Waals surface area contributed by atoms with Gasteiger partial charge in [0, 0.05) is 32.9 Å². The number of piperidine rings is 1. The zero-order chi connectivity index (χ0) is 26.5. The lowest BCUT2D eigenvalue weighted by molar-refractivity contribution is -0.149. The first-order valence-electron chi connectivity index (χ1n) is 12.7. The van der Waals surface area contributed by atoms with Gasteiger partial charge in [-0.15, -0.1) is 0 Å². The summed E-state index contributed by atoms with van der Waals surface area (Å²) >= 11 is 0. The number of aliphatic hydroxyl groups is 1. The van der Waals surface area contributed by atoms with Gasteiger partial charge in [-0.1, -0.05) is 54.6 Å². The van der Waals surface area contributed by atoms with E-state index >= 15 is 0 Å². The molecule has 2 aliphatic rings. The van der Waals surface area contributed by atoms with Crippen molar-refractivity contribution >= 4 is 23.6 Å². The maximum Gasteiger partial charge on any atom is 0.246 e. The predicted octanol–water partition coefficient (Wildman–Crippen LogP) is 1.23. The van der Waals surface area contributed by atoms with Crippen molar-refractivity contribution in [1.82, 2.24) is 15.1 Å². The van der Waals surface area contributed by atoms with Crippen LogP contribution in [0.2, 0.25) is 0 Å². The SMILES string of the molecule is CC(=O)N1CCCC[C@H]1C(=O)N1C[C@H](O)C[C@H]1C(=O)N[C@H](Cc1ccc(-c2ccccc2)cc1)C(N)=O. The molecule has 0 aromatic heterocycles. The highest BCUT2D eigenvalue weighted by Crippen LogP contribution is 2.25. The summed E-state index contributed by atoms with van der Waals surface area (Å²) < 4.78 is 0. The number of hydrogen-bond acceptors (Lipinski definition) is 5. The number of nitrogens with one attached hydrogen (secondary N) is 1. The Hall–Kier alpha value is -3.72. The van der Waals surface area contributed by atoms with Gasteiger partial charge in [-0.25, -0.2) is 0 Å². The van der Waals surface area contributed by atoms with E-state index in [9.17, 15) is 24.3 Å². The number of β-amino-alcohol motifs (C(OH)–C–C–N with tert-alkyl or cyclic N) is 1. The Bertz CT molecular complexity index is 1140. The monoisotopic (exact) mass is 506 g/mol. The summed E-state index contributed by atoms with van der Waals surface area (Å²) in [6, 6.07) is 15.0. The fourth-order valence-corrected chi connectivity index (χ4v) is 5.25. The highest BCUT2D eigenvalue weighted by Gasteiger charge is 2.44. The van der Waals surface area contributed by atoms with Crippen LogP contribution in [-0.2, 0) is 25.6 Å². The Kier molecular flexibility index (Phi) is 8.23. The van der Waals surface area contributed by atoms with E-state index in [4.69, 9.17) is 5.73 Å². The molecule has 4 amide bonds. The number of nitrogens with zero attached hydrogens (tertiary/aromatic N) is 2. The molecule has 0 bridgehead atoms. The fraction of sp³-hybridized carbons (Fsp3) is 0.429. The average Bonchev–Trinajstić information content (AvgIpc) is 3.30. The van der Waals surface area contributed by atoms with Crippen molar-refractivity contribution < 1.29 is 24.3 Å². The van der Waals surface area contributed by atoms with Crippen molar-refractivity contribution in [3.63, 3.8) is 0 Å². The Morgan fingerprint density at radius 1 is 0.973 bits per heavy atom. The summed E-state index contributed by atoms with van der Waals surface area (Å²) in [6.07, 6.45) is 1.53. The number of benzene rings is 2. The number of nitrogens with two attached hydrogens (primary N) is 1. The van der Waals surface area contributed by atoms with Crippen LogP contribution in [0.25, 0.3) is 11.1 Å². The number of primary amides is 1. The molecule has 0 aliphatic carbocycles. The lowest BCUT2D eigenvalue weighted by Crippen LogP contribution is -2.57. The lowest BCUT2D eigenvalue weighted by atomic mass is 9.99. The average molecular weight is 507 g/mol. The molecule has 0 saturated carbocycles. The van der Waals surface area contributed by atoms with Crippen molar-refractivity contribution in [3.8, 4) is 11.1 Å². The van der Waals surface area contributed by atoms with E-state index < -0.39 is 36.0 Å². The van der Waals surface area contributed by atoms with Crippen molar-refractivity contribution in [2.24, 2.45) is 5.73 Å². The third-order valence-corrected chi connectivity index (χ3v) is 7.22. The van der Waals surface area contributed by atoms with E-state index in [1.165, 1.54) is 16.7 Å². The number of likely N-dealkylation sites (tertiary alicyclic amines) is 2. The van der Waals surface area contributed by atoms with Gasteiger partial charge < -0.3 is 26.0 Å². The molecule has 196 valence electrons. The largest absolute Gasteiger partial charge is 0.391 e. The number of rotatable bonds is 7. The van der Waals surface area contributed by atoms with E-state index in [-0.39, 0.29) is 31.2 Å². The van der Waals surface area contributed by atoms with Crippen LogP contribution in [0.3, 0.4) is 0 Å². The highest BCUT2D eigenvalue weighted by atomic mass is 16.3.